The van der Waals surface area contributed by atoms with Gasteiger partial charge in [0.15, 0.2) is 0 Å². The molecule has 0 spiro atoms. The molecule has 3 heteroatoms. The van der Waals surface area contributed by atoms with Crippen molar-refractivity contribution in [2.24, 2.45) is 5.92 Å². The van der Waals surface area contributed by atoms with Crippen molar-refractivity contribution >= 4 is 17.7 Å². The molecule has 1 saturated heterocycles. The number of carbonyl (C=O) groups is 1. The molecule has 0 bridgehead atoms. The molecule has 1 aliphatic rings. The molecule has 0 saturated carbocycles. The summed E-state index contributed by atoms with van der Waals surface area (Å²) < 4.78 is 0. The van der Waals surface area contributed by atoms with Gasteiger partial charge in [0.05, 0.1) is 0 Å². The van der Waals surface area contributed by atoms with E-state index in [1.807, 2.05) is 11.8 Å². The van der Waals surface area contributed by atoms with Gasteiger partial charge in [-0.1, -0.05) is 27.7 Å². The highest BCUT2D eigenvalue weighted by Crippen LogP contribution is 2.27. The molecule has 0 aromatic rings. The van der Waals surface area contributed by atoms with Crippen molar-refractivity contribution in [3.63, 3.8) is 0 Å². The van der Waals surface area contributed by atoms with E-state index < -0.39 is 0 Å². The van der Waals surface area contributed by atoms with E-state index >= 15 is 0 Å². The van der Waals surface area contributed by atoms with Crippen molar-refractivity contribution in [2.45, 2.75) is 51.8 Å². The molecule has 0 aromatic heterocycles. The first-order valence-electron chi connectivity index (χ1n) is 5.97. The zero-order valence-electron chi connectivity index (χ0n) is 10.3. The van der Waals surface area contributed by atoms with E-state index in [1.165, 1.54) is 0 Å². The fourth-order valence-corrected chi connectivity index (χ4v) is 3.43. The Morgan fingerprint density at radius 2 is 2.20 bits per heavy atom. The topological polar surface area (TPSA) is 20.3 Å². The second kappa shape index (κ2) is 5.78. The Balaban J connectivity index is 2.61. The van der Waals surface area contributed by atoms with Crippen molar-refractivity contribution in [1.82, 2.24) is 4.90 Å². The van der Waals surface area contributed by atoms with E-state index in [4.69, 9.17) is 0 Å². The van der Waals surface area contributed by atoms with Gasteiger partial charge in [-0.15, -0.1) is 0 Å². The van der Waals surface area contributed by atoms with Gasteiger partial charge in [-0.3, -0.25) is 4.79 Å². The van der Waals surface area contributed by atoms with Crippen molar-refractivity contribution in [2.75, 3.05) is 12.3 Å². The first-order valence-corrected chi connectivity index (χ1v) is 7.02. The van der Waals surface area contributed by atoms with Crippen LogP contribution in [0.4, 0.5) is 0 Å². The van der Waals surface area contributed by atoms with E-state index in [1.54, 1.807) is 0 Å². The molecule has 1 fully saturated rings. The van der Waals surface area contributed by atoms with Crippen LogP contribution in [0.2, 0.25) is 0 Å². The summed E-state index contributed by atoms with van der Waals surface area (Å²) in [5.74, 6) is 1.92. The molecule has 0 N–H and O–H groups in total. The lowest BCUT2D eigenvalue weighted by Gasteiger charge is -2.39. The number of hydrogen-bond acceptors (Lipinski definition) is 2. The van der Waals surface area contributed by atoms with Crippen LogP contribution in [0.25, 0.3) is 0 Å². The largest absolute Gasteiger partial charge is 0.338 e. The number of thioether (sulfide) groups is 1. The van der Waals surface area contributed by atoms with E-state index in [0.29, 0.717) is 29.5 Å². The zero-order valence-corrected chi connectivity index (χ0v) is 11.1. The predicted octanol–water partition coefficient (Wildman–Crippen LogP) is 2.78. The minimum atomic E-state index is 0.351. The lowest BCUT2D eigenvalue weighted by Crippen LogP contribution is -2.49. The molecule has 0 aliphatic carbocycles. The Labute approximate surface area is 97.8 Å². The molecule has 2 unspecified atom stereocenters. The van der Waals surface area contributed by atoms with Gasteiger partial charge in [0.1, 0.15) is 0 Å². The standard InChI is InChI=1S/C12H23NOS/c1-5-11-10(4)15-7-6-13(11)12(14)8-9(2)3/h9-11H,5-8H2,1-4H3. The Morgan fingerprint density at radius 1 is 1.53 bits per heavy atom. The van der Waals surface area contributed by atoms with Crippen molar-refractivity contribution in [1.29, 1.82) is 0 Å². The van der Waals surface area contributed by atoms with Gasteiger partial charge >= 0.3 is 0 Å². The maximum atomic E-state index is 12.0. The quantitative estimate of drug-likeness (QED) is 0.741. The van der Waals surface area contributed by atoms with Crippen LogP contribution in [-0.4, -0.2) is 34.4 Å². The summed E-state index contributed by atoms with van der Waals surface area (Å²) in [5, 5.41) is 0.597. The van der Waals surface area contributed by atoms with Crippen LogP contribution in [0.3, 0.4) is 0 Å². The van der Waals surface area contributed by atoms with Gasteiger partial charge in [0.25, 0.3) is 0 Å². The minimum Gasteiger partial charge on any atom is -0.338 e. The Kier molecular flexibility index (Phi) is 4.97. The fraction of sp³-hybridized carbons (Fsp3) is 0.917. The van der Waals surface area contributed by atoms with Gasteiger partial charge in [-0.25, -0.2) is 0 Å². The number of hydrogen-bond donors (Lipinski definition) is 0. The van der Waals surface area contributed by atoms with Gasteiger partial charge in [0, 0.05) is 30.0 Å². The Morgan fingerprint density at radius 3 is 2.73 bits per heavy atom. The Bertz CT molecular complexity index is 218. The first kappa shape index (κ1) is 12.9. The first-order chi connectivity index (χ1) is 7.06. The van der Waals surface area contributed by atoms with Gasteiger partial charge in [0.2, 0.25) is 5.91 Å². The van der Waals surface area contributed by atoms with Crippen molar-refractivity contribution < 1.29 is 4.79 Å². The second-order valence-electron chi connectivity index (χ2n) is 4.74. The lowest BCUT2D eigenvalue weighted by molar-refractivity contribution is -0.134. The highest BCUT2D eigenvalue weighted by Gasteiger charge is 2.30. The molecule has 1 amide bonds. The summed E-state index contributed by atoms with van der Waals surface area (Å²) in [5.41, 5.74) is 0. The number of rotatable bonds is 3. The third kappa shape index (κ3) is 3.40. The van der Waals surface area contributed by atoms with Crippen molar-refractivity contribution in [3.05, 3.63) is 0 Å². The summed E-state index contributed by atoms with van der Waals surface area (Å²) in [6.07, 6.45) is 1.78. The Hall–Kier alpha value is -0.180. The van der Waals surface area contributed by atoms with Gasteiger partial charge in [-0.05, 0) is 12.3 Å². The van der Waals surface area contributed by atoms with Gasteiger partial charge in [-0.2, -0.15) is 11.8 Å². The predicted molar refractivity (Wildman–Crippen MR) is 67.2 cm³/mol. The molecule has 1 aliphatic heterocycles. The van der Waals surface area contributed by atoms with Crippen LogP contribution in [0, 0.1) is 5.92 Å². The highest BCUT2D eigenvalue weighted by atomic mass is 32.2. The SMILES string of the molecule is CCC1C(C)SCCN1C(=O)CC(C)C. The lowest BCUT2D eigenvalue weighted by atomic mass is 10.1. The third-order valence-electron chi connectivity index (χ3n) is 2.98. The zero-order chi connectivity index (χ0) is 11.4. The molecule has 0 radical (unpaired) electrons. The number of nitrogens with zero attached hydrogens (tertiary/aromatic N) is 1. The average molecular weight is 229 g/mol. The van der Waals surface area contributed by atoms with E-state index in [2.05, 4.69) is 32.6 Å². The molecule has 1 rings (SSSR count). The molecule has 2 atom stereocenters. The molecule has 2 nitrogen and oxygen atoms in total. The number of carbonyl (C=O) groups excluding carboxylic acids is 1. The smallest absolute Gasteiger partial charge is 0.223 e. The molecular weight excluding hydrogens is 206 g/mol. The monoisotopic (exact) mass is 229 g/mol. The number of amides is 1. The van der Waals surface area contributed by atoms with E-state index in [0.717, 1.165) is 18.7 Å². The van der Waals surface area contributed by atoms with Crippen LogP contribution >= 0.6 is 11.8 Å². The van der Waals surface area contributed by atoms with Crippen LogP contribution in [0.15, 0.2) is 0 Å². The molecule has 1 heterocycles. The summed E-state index contributed by atoms with van der Waals surface area (Å²) in [4.78, 5) is 14.2. The molecule has 0 aromatic carbocycles. The van der Waals surface area contributed by atoms with E-state index in [9.17, 15) is 4.79 Å². The minimum absolute atomic E-state index is 0.351. The summed E-state index contributed by atoms with van der Waals surface area (Å²) >= 11 is 2.00. The summed E-state index contributed by atoms with van der Waals surface area (Å²) in [7, 11) is 0. The van der Waals surface area contributed by atoms with Crippen LogP contribution < -0.4 is 0 Å². The third-order valence-corrected chi connectivity index (χ3v) is 4.23. The second-order valence-corrected chi connectivity index (χ2v) is 6.22. The molecular formula is C12H23NOS. The normalized spacial score (nSPS) is 27.1. The van der Waals surface area contributed by atoms with Crippen molar-refractivity contribution in [3.8, 4) is 0 Å². The fourth-order valence-electron chi connectivity index (χ4n) is 2.20. The maximum absolute atomic E-state index is 12.0. The van der Waals surface area contributed by atoms with Gasteiger partial charge < -0.3 is 4.90 Å². The summed E-state index contributed by atoms with van der Waals surface area (Å²) in [6.45, 7) is 9.59. The highest BCUT2D eigenvalue weighted by molar-refractivity contribution is 8.00. The summed E-state index contributed by atoms with van der Waals surface area (Å²) in [6, 6.07) is 0.454. The maximum Gasteiger partial charge on any atom is 0.223 e. The molecule has 88 valence electrons. The van der Waals surface area contributed by atoms with Crippen LogP contribution in [0.1, 0.15) is 40.5 Å². The van der Waals surface area contributed by atoms with E-state index in [-0.39, 0.29) is 0 Å². The van der Waals surface area contributed by atoms with Crippen LogP contribution in [-0.2, 0) is 4.79 Å². The molecule has 15 heavy (non-hydrogen) atoms. The average Bonchev–Trinajstić information content (AvgIpc) is 2.16. The van der Waals surface area contributed by atoms with Crippen LogP contribution in [0.5, 0.6) is 0 Å².